The van der Waals surface area contributed by atoms with E-state index in [0.29, 0.717) is 40.7 Å². The number of amides is 2. The van der Waals surface area contributed by atoms with E-state index in [1.165, 1.54) is 6.92 Å². The molecule has 0 aliphatic rings. The number of carbonyl (C=O) groups is 2. The molecule has 0 radical (unpaired) electrons. The molecule has 0 heterocycles. The summed E-state index contributed by atoms with van der Waals surface area (Å²) in [5.74, 6) is 2.26. The average molecular weight is 550 g/mol. The molecule has 9 heteroatoms. The monoisotopic (exact) mass is 549 g/mol. The maximum Gasteiger partial charge on any atom is 0.258 e. The van der Waals surface area contributed by atoms with Gasteiger partial charge >= 0.3 is 0 Å². The molecule has 0 atom stereocenters. The molecular weight excluding hydrogens is 510 g/mol. The number of hydrogen-bond donors (Lipinski definition) is 1. The van der Waals surface area contributed by atoms with Crippen LogP contribution in [0, 0.1) is 0 Å². The second-order valence-electron chi connectivity index (χ2n) is 9.35. The third kappa shape index (κ3) is 8.13. The van der Waals surface area contributed by atoms with Crippen LogP contribution in [-0.4, -0.2) is 71.8 Å². The summed E-state index contributed by atoms with van der Waals surface area (Å²) in [6.07, 6.45) is 1.61. The van der Waals surface area contributed by atoms with Crippen LogP contribution in [0.1, 0.15) is 29.3 Å². The SMILES string of the molecule is COc1ccc(CCN(C)CCCN(C(=O)c2ccc(NC(C)=O)cc2)c2ccc(OC)c(OC)c2)cc1OC. The molecule has 0 spiro atoms. The molecule has 1 N–H and O–H groups in total. The van der Waals surface area contributed by atoms with Crippen molar-refractivity contribution in [3.8, 4) is 23.0 Å². The number of rotatable bonds is 14. The number of likely N-dealkylation sites (N-methyl/N-ethyl adjacent to an activating group) is 1. The summed E-state index contributed by atoms with van der Waals surface area (Å²) in [7, 11) is 8.49. The van der Waals surface area contributed by atoms with Crippen molar-refractivity contribution < 1.29 is 28.5 Å². The first-order valence-electron chi connectivity index (χ1n) is 13.1. The van der Waals surface area contributed by atoms with Crippen LogP contribution < -0.4 is 29.2 Å². The molecule has 0 fully saturated rings. The molecule has 0 saturated carbocycles. The van der Waals surface area contributed by atoms with E-state index < -0.39 is 0 Å². The largest absolute Gasteiger partial charge is 0.493 e. The van der Waals surface area contributed by atoms with Gasteiger partial charge in [0.15, 0.2) is 23.0 Å². The van der Waals surface area contributed by atoms with Crippen LogP contribution in [0.3, 0.4) is 0 Å². The lowest BCUT2D eigenvalue weighted by atomic mass is 10.1. The summed E-state index contributed by atoms with van der Waals surface area (Å²) in [5.41, 5.74) is 3.03. The lowest BCUT2D eigenvalue weighted by Gasteiger charge is -2.25. The average Bonchev–Trinajstić information content (AvgIpc) is 2.97. The highest BCUT2D eigenvalue weighted by Gasteiger charge is 2.20. The number of hydrogen-bond acceptors (Lipinski definition) is 7. The molecule has 0 aliphatic heterocycles. The Balaban J connectivity index is 1.70. The van der Waals surface area contributed by atoms with Gasteiger partial charge in [-0.3, -0.25) is 9.59 Å². The molecule has 0 aromatic heterocycles. The first kappa shape index (κ1) is 30.3. The third-order valence-electron chi connectivity index (χ3n) is 6.53. The summed E-state index contributed by atoms with van der Waals surface area (Å²) in [6.45, 7) is 3.60. The van der Waals surface area contributed by atoms with Crippen LogP contribution in [0.5, 0.6) is 23.0 Å². The number of ether oxygens (including phenoxy) is 4. The van der Waals surface area contributed by atoms with Gasteiger partial charge in [-0.05, 0) is 80.5 Å². The Kier molecular flexibility index (Phi) is 11.2. The van der Waals surface area contributed by atoms with E-state index in [-0.39, 0.29) is 11.8 Å². The molecule has 40 heavy (non-hydrogen) atoms. The predicted molar refractivity (Wildman–Crippen MR) is 157 cm³/mol. The Labute approximate surface area is 236 Å². The van der Waals surface area contributed by atoms with Crippen LogP contribution >= 0.6 is 0 Å². The molecule has 0 aliphatic carbocycles. The van der Waals surface area contributed by atoms with Crippen LogP contribution in [0.15, 0.2) is 60.7 Å². The third-order valence-corrected chi connectivity index (χ3v) is 6.53. The fourth-order valence-electron chi connectivity index (χ4n) is 4.36. The number of nitrogens with one attached hydrogen (secondary N) is 1. The van der Waals surface area contributed by atoms with Crippen LogP contribution in [0.25, 0.3) is 0 Å². The van der Waals surface area contributed by atoms with Crippen molar-refractivity contribution in [3.05, 3.63) is 71.8 Å². The first-order valence-corrected chi connectivity index (χ1v) is 13.1. The van der Waals surface area contributed by atoms with Crippen LogP contribution in [-0.2, 0) is 11.2 Å². The number of nitrogens with zero attached hydrogens (tertiary/aromatic N) is 2. The summed E-state index contributed by atoms with van der Waals surface area (Å²) in [4.78, 5) is 29.0. The first-order chi connectivity index (χ1) is 19.3. The number of carbonyl (C=O) groups excluding carboxylic acids is 2. The lowest BCUT2D eigenvalue weighted by molar-refractivity contribution is -0.114. The zero-order chi connectivity index (χ0) is 29.1. The minimum absolute atomic E-state index is 0.144. The highest BCUT2D eigenvalue weighted by Crippen LogP contribution is 2.32. The fourth-order valence-corrected chi connectivity index (χ4v) is 4.36. The minimum atomic E-state index is -0.165. The summed E-state index contributed by atoms with van der Waals surface area (Å²) in [6, 6.07) is 18.3. The Morgan fingerprint density at radius 3 is 1.93 bits per heavy atom. The Morgan fingerprint density at radius 1 is 0.725 bits per heavy atom. The van der Waals surface area contributed by atoms with Gasteiger partial charge < -0.3 is 34.1 Å². The van der Waals surface area contributed by atoms with E-state index in [1.807, 2.05) is 30.3 Å². The fraction of sp³-hybridized carbons (Fsp3) is 0.355. The van der Waals surface area contributed by atoms with Crippen molar-refractivity contribution in [2.75, 3.05) is 65.3 Å². The Bertz CT molecular complexity index is 1280. The van der Waals surface area contributed by atoms with Crippen molar-refractivity contribution in [3.63, 3.8) is 0 Å². The van der Waals surface area contributed by atoms with Gasteiger partial charge in [0.25, 0.3) is 5.91 Å². The number of methoxy groups -OCH3 is 4. The van der Waals surface area contributed by atoms with Crippen molar-refractivity contribution >= 4 is 23.2 Å². The lowest BCUT2D eigenvalue weighted by Crippen LogP contribution is -2.34. The molecule has 0 unspecified atom stereocenters. The molecule has 9 nitrogen and oxygen atoms in total. The maximum absolute atomic E-state index is 13.7. The number of benzene rings is 3. The van der Waals surface area contributed by atoms with Crippen molar-refractivity contribution in [2.24, 2.45) is 0 Å². The van der Waals surface area contributed by atoms with Crippen LogP contribution in [0.4, 0.5) is 11.4 Å². The van der Waals surface area contributed by atoms with Gasteiger partial charge in [0.05, 0.1) is 28.4 Å². The zero-order valence-corrected chi connectivity index (χ0v) is 24.2. The molecular formula is C31H39N3O6. The molecule has 0 saturated heterocycles. The van der Waals surface area contributed by atoms with Crippen molar-refractivity contribution in [1.29, 1.82) is 0 Å². The molecule has 3 aromatic carbocycles. The van der Waals surface area contributed by atoms with Crippen molar-refractivity contribution in [1.82, 2.24) is 4.90 Å². The quantitative estimate of drug-likeness (QED) is 0.306. The molecule has 214 valence electrons. The van der Waals surface area contributed by atoms with E-state index in [0.717, 1.165) is 37.2 Å². The van der Waals surface area contributed by atoms with Crippen LogP contribution in [0.2, 0.25) is 0 Å². The summed E-state index contributed by atoms with van der Waals surface area (Å²) >= 11 is 0. The van der Waals surface area contributed by atoms with Gasteiger partial charge in [-0.1, -0.05) is 6.07 Å². The van der Waals surface area contributed by atoms with E-state index >= 15 is 0 Å². The topological polar surface area (TPSA) is 89.6 Å². The van der Waals surface area contributed by atoms with E-state index in [9.17, 15) is 9.59 Å². The highest BCUT2D eigenvalue weighted by atomic mass is 16.5. The van der Waals surface area contributed by atoms with Gasteiger partial charge in [-0.25, -0.2) is 0 Å². The van der Waals surface area contributed by atoms with Gasteiger partial charge in [0.1, 0.15) is 0 Å². The minimum Gasteiger partial charge on any atom is -0.493 e. The zero-order valence-electron chi connectivity index (χ0n) is 24.2. The summed E-state index contributed by atoms with van der Waals surface area (Å²) in [5, 5.41) is 2.73. The highest BCUT2D eigenvalue weighted by molar-refractivity contribution is 6.06. The second kappa shape index (κ2) is 14.8. The Morgan fingerprint density at radius 2 is 1.32 bits per heavy atom. The standard InChI is InChI=1S/C31H39N3O6/c1-22(35)32-25-11-9-24(10-12-25)31(36)34(26-13-15-28(38-4)30(21-26)40-6)18-7-17-33(2)19-16-23-8-14-27(37-3)29(20-23)39-5/h8-15,20-21H,7,16-19H2,1-6H3,(H,32,35). The molecule has 3 rings (SSSR count). The van der Waals surface area contributed by atoms with Gasteiger partial charge in [-0.15, -0.1) is 0 Å². The predicted octanol–water partition coefficient (Wildman–Crippen LogP) is 4.89. The summed E-state index contributed by atoms with van der Waals surface area (Å²) < 4.78 is 21.6. The van der Waals surface area contributed by atoms with Gasteiger partial charge in [0, 0.05) is 43.0 Å². The van der Waals surface area contributed by atoms with E-state index in [4.69, 9.17) is 18.9 Å². The molecule has 2 amide bonds. The second-order valence-corrected chi connectivity index (χ2v) is 9.35. The molecule has 3 aromatic rings. The van der Waals surface area contributed by atoms with Gasteiger partial charge in [0.2, 0.25) is 5.91 Å². The molecule has 0 bridgehead atoms. The maximum atomic E-state index is 13.7. The van der Waals surface area contributed by atoms with Crippen molar-refractivity contribution in [2.45, 2.75) is 19.8 Å². The van der Waals surface area contributed by atoms with E-state index in [1.54, 1.807) is 63.7 Å². The Hall–Kier alpha value is -4.24. The van der Waals surface area contributed by atoms with E-state index in [2.05, 4.69) is 17.3 Å². The number of anilines is 2. The smallest absolute Gasteiger partial charge is 0.258 e. The van der Waals surface area contributed by atoms with Gasteiger partial charge in [-0.2, -0.15) is 0 Å². The normalized spacial score (nSPS) is 10.7.